The molecule has 1 unspecified atom stereocenters. The maximum absolute atomic E-state index is 12.3. The summed E-state index contributed by atoms with van der Waals surface area (Å²) in [5.41, 5.74) is 2.14. The summed E-state index contributed by atoms with van der Waals surface area (Å²) in [6.07, 6.45) is 1.63. The maximum atomic E-state index is 12.3. The molecule has 1 heterocycles. The first-order valence-corrected chi connectivity index (χ1v) is 12.2. The molecule has 1 aliphatic rings. The third kappa shape index (κ3) is 6.23. The average molecular weight is 430 g/mol. The quantitative estimate of drug-likeness (QED) is 0.397. The van der Waals surface area contributed by atoms with Gasteiger partial charge in [-0.05, 0) is 36.1 Å². The first kappa shape index (κ1) is 22.2. The molecule has 2 aromatic rings. The van der Waals surface area contributed by atoms with Crippen LogP contribution in [0.3, 0.4) is 0 Å². The SMILES string of the molecule is CN=C(NCCCS(=O)(=O)Cc1ccccc1)N1CCC(c2ccc(OC)cc2)C1. The fraction of sp³-hybridized carbons (Fsp3) is 0.435. The van der Waals surface area contributed by atoms with Crippen LogP contribution in [-0.2, 0) is 15.6 Å². The van der Waals surface area contributed by atoms with Crippen LogP contribution in [0.1, 0.15) is 29.9 Å². The summed E-state index contributed by atoms with van der Waals surface area (Å²) in [5.74, 6) is 2.43. The molecule has 1 N–H and O–H groups in total. The highest BCUT2D eigenvalue weighted by atomic mass is 32.2. The molecule has 2 aromatic carbocycles. The summed E-state index contributed by atoms with van der Waals surface area (Å²) in [6.45, 7) is 2.42. The minimum atomic E-state index is -3.11. The van der Waals surface area contributed by atoms with Gasteiger partial charge in [-0.15, -0.1) is 0 Å². The van der Waals surface area contributed by atoms with E-state index in [-0.39, 0.29) is 11.5 Å². The Hall–Kier alpha value is -2.54. The third-order valence-electron chi connectivity index (χ3n) is 5.43. The fourth-order valence-electron chi connectivity index (χ4n) is 3.83. The standard InChI is InChI=1S/C23H31N3O3S/c1-24-23(25-14-6-16-30(27,28)18-19-7-4-3-5-8-19)26-15-13-21(17-26)20-9-11-22(29-2)12-10-20/h3-5,7-12,21H,6,13-18H2,1-2H3,(H,24,25). The molecule has 0 spiro atoms. The van der Waals surface area contributed by atoms with Gasteiger partial charge in [0.1, 0.15) is 5.75 Å². The molecule has 1 fully saturated rings. The molecule has 1 atom stereocenters. The number of ether oxygens (including phenoxy) is 1. The Kier molecular flexibility index (Phi) is 7.74. The lowest BCUT2D eigenvalue weighted by atomic mass is 9.98. The first-order chi connectivity index (χ1) is 14.5. The number of sulfone groups is 1. The summed E-state index contributed by atoms with van der Waals surface area (Å²) < 4.78 is 29.9. The van der Waals surface area contributed by atoms with Gasteiger partial charge in [0.05, 0.1) is 18.6 Å². The summed E-state index contributed by atoms with van der Waals surface area (Å²) >= 11 is 0. The Morgan fingerprint density at radius 2 is 1.90 bits per heavy atom. The van der Waals surface area contributed by atoms with Gasteiger partial charge in [0.15, 0.2) is 15.8 Å². The van der Waals surface area contributed by atoms with Crippen molar-refractivity contribution in [2.45, 2.75) is 24.5 Å². The molecule has 30 heavy (non-hydrogen) atoms. The summed E-state index contributed by atoms with van der Waals surface area (Å²) in [6, 6.07) is 17.6. The van der Waals surface area contributed by atoms with Gasteiger partial charge in [-0.25, -0.2) is 8.42 Å². The van der Waals surface area contributed by atoms with Crippen molar-refractivity contribution in [3.8, 4) is 5.75 Å². The number of methoxy groups -OCH3 is 1. The second-order valence-corrected chi connectivity index (χ2v) is 9.79. The highest BCUT2D eigenvalue weighted by Crippen LogP contribution is 2.28. The number of likely N-dealkylation sites (tertiary alicyclic amines) is 1. The van der Waals surface area contributed by atoms with Crippen LogP contribution in [0.25, 0.3) is 0 Å². The monoisotopic (exact) mass is 429 g/mol. The normalized spacial score (nSPS) is 17.2. The van der Waals surface area contributed by atoms with Crippen molar-refractivity contribution in [3.63, 3.8) is 0 Å². The maximum Gasteiger partial charge on any atom is 0.193 e. The Bertz CT molecular complexity index is 928. The van der Waals surface area contributed by atoms with Gasteiger partial charge in [0.2, 0.25) is 0 Å². The fourth-order valence-corrected chi connectivity index (χ4v) is 5.25. The van der Waals surface area contributed by atoms with Crippen LogP contribution in [0.4, 0.5) is 0 Å². The minimum absolute atomic E-state index is 0.0955. The van der Waals surface area contributed by atoms with Crippen LogP contribution in [0.5, 0.6) is 5.75 Å². The molecule has 3 rings (SSSR count). The number of hydrogen-bond acceptors (Lipinski definition) is 4. The van der Waals surface area contributed by atoms with E-state index in [4.69, 9.17) is 4.74 Å². The highest BCUT2D eigenvalue weighted by molar-refractivity contribution is 7.90. The smallest absolute Gasteiger partial charge is 0.193 e. The summed E-state index contributed by atoms with van der Waals surface area (Å²) in [7, 11) is 0.336. The van der Waals surface area contributed by atoms with Gasteiger partial charge in [-0.2, -0.15) is 0 Å². The molecule has 7 heteroatoms. The second-order valence-electron chi connectivity index (χ2n) is 7.61. The average Bonchev–Trinajstić information content (AvgIpc) is 3.24. The van der Waals surface area contributed by atoms with Crippen molar-refractivity contribution in [3.05, 3.63) is 65.7 Å². The lowest BCUT2D eigenvalue weighted by molar-refractivity contribution is 0.414. The van der Waals surface area contributed by atoms with Gasteiger partial charge in [0, 0.05) is 32.6 Å². The van der Waals surface area contributed by atoms with E-state index in [1.807, 2.05) is 42.5 Å². The topological polar surface area (TPSA) is 71.0 Å². The zero-order chi connectivity index (χ0) is 21.4. The molecule has 1 aliphatic heterocycles. The molecule has 0 radical (unpaired) electrons. The van der Waals surface area contributed by atoms with Crippen molar-refractivity contribution in [1.29, 1.82) is 0 Å². The zero-order valence-corrected chi connectivity index (χ0v) is 18.6. The van der Waals surface area contributed by atoms with Crippen LogP contribution >= 0.6 is 0 Å². The molecule has 0 amide bonds. The van der Waals surface area contributed by atoms with Gasteiger partial charge < -0.3 is 15.0 Å². The number of nitrogens with zero attached hydrogens (tertiary/aromatic N) is 2. The highest BCUT2D eigenvalue weighted by Gasteiger charge is 2.26. The van der Waals surface area contributed by atoms with Crippen molar-refractivity contribution in [1.82, 2.24) is 10.2 Å². The van der Waals surface area contributed by atoms with E-state index in [0.29, 0.717) is 18.9 Å². The molecule has 162 valence electrons. The van der Waals surface area contributed by atoms with Crippen LogP contribution in [0.15, 0.2) is 59.6 Å². The number of nitrogens with one attached hydrogen (secondary N) is 1. The lowest BCUT2D eigenvalue weighted by Crippen LogP contribution is -2.40. The molecular weight excluding hydrogens is 398 g/mol. The van der Waals surface area contributed by atoms with Gasteiger partial charge in [-0.3, -0.25) is 4.99 Å². The molecule has 0 aliphatic carbocycles. The number of rotatable bonds is 8. The summed E-state index contributed by atoms with van der Waals surface area (Å²) in [5, 5.41) is 3.33. The van der Waals surface area contributed by atoms with E-state index in [0.717, 1.165) is 36.8 Å². The van der Waals surface area contributed by atoms with Crippen molar-refractivity contribution in [2.75, 3.05) is 39.5 Å². The largest absolute Gasteiger partial charge is 0.497 e. The van der Waals surface area contributed by atoms with E-state index in [9.17, 15) is 8.42 Å². The van der Waals surface area contributed by atoms with E-state index < -0.39 is 9.84 Å². The minimum Gasteiger partial charge on any atom is -0.497 e. The van der Waals surface area contributed by atoms with E-state index in [2.05, 4.69) is 27.3 Å². The molecule has 1 saturated heterocycles. The number of hydrogen-bond donors (Lipinski definition) is 1. The van der Waals surface area contributed by atoms with Crippen LogP contribution in [0, 0.1) is 0 Å². The third-order valence-corrected chi connectivity index (χ3v) is 7.12. The number of aliphatic imine (C=N–C) groups is 1. The number of benzene rings is 2. The Morgan fingerprint density at radius 3 is 2.57 bits per heavy atom. The molecule has 0 bridgehead atoms. The van der Waals surface area contributed by atoms with Gasteiger partial charge in [-0.1, -0.05) is 42.5 Å². The molecule has 6 nitrogen and oxygen atoms in total. The van der Waals surface area contributed by atoms with Crippen LogP contribution < -0.4 is 10.1 Å². The van der Waals surface area contributed by atoms with E-state index in [1.54, 1.807) is 14.2 Å². The van der Waals surface area contributed by atoms with Crippen molar-refractivity contribution >= 4 is 15.8 Å². The van der Waals surface area contributed by atoms with E-state index in [1.165, 1.54) is 5.56 Å². The lowest BCUT2D eigenvalue weighted by Gasteiger charge is -2.22. The first-order valence-electron chi connectivity index (χ1n) is 10.3. The van der Waals surface area contributed by atoms with Crippen LogP contribution in [0.2, 0.25) is 0 Å². The predicted molar refractivity (Wildman–Crippen MR) is 122 cm³/mol. The van der Waals surface area contributed by atoms with Gasteiger partial charge in [0.25, 0.3) is 0 Å². The number of guanidine groups is 1. The second kappa shape index (κ2) is 10.5. The Balaban J connectivity index is 1.44. The van der Waals surface area contributed by atoms with Crippen molar-refractivity contribution < 1.29 is 13.2 Å². The predicted octanol–water partition coefficient (Wildman–Crippen LogP) is 3.07. The summed E-state index contributed by atoms with van der Waals surface area (Å²) in [4.78, 5) is 6.63. The molecule has 0 aromatic heterocycles. The van der Waals surface area contributed by atoms with Crippen molar-refractivity contribution in [2.24, 2.45) is 4.99 Å². The molecule has 0 saturated carbocycles. The Labute approximate surface area is 179 Å². The Morgan fingerprint density at radius 1 is 1.17 bits per heavy atom. The molecular formula is C23H31N3O3S. The van der Waals surface area contributed by atoms with Crippen LogP contribution in [-0.4, -0.2) is 58.8 Å². The zero-order valence-electron chi connectivity index (χ0n) is 17.8. The van der Waals surface area contributed by atoms with E-state index >= 15 is 0 Å². The van der Waals surface area contributed by atoms with Gasteiger partial charge >= 0.3 is 0 Å².